The first-order valence-electron chi connectivity index (χ1n) is 9.66. The Labute approximate surface area is 178 Å². The molecule has 0 radical (unpaired) electrons. The summed E-state index contributed by atoms with van der Waals surface area (Å²) in [4.78, 5) is 26.8. The molecule has 6 nitrogen and oxygen atoms in total. The average molecular weight is 427 g/mol. The van der Waals surface area contributed by atoms with Crippen LogP contribution in [-0.2, 0) is 0 Å². The summed E-state index contributed by atoms with van der Waals surface area (Å²) in [6, 6.07) is 14.5. The van der Waals surface area contributed by atoms with Crippen LogP contribution in [0.1, 0.15) is 33.7 Å². The van der Waals surface area contributed by atoms with Crippen LogP contribution in [0.4, 0.5) is 4.39 Å². The van der Waals surface area contributed by atoms with Crippen molar-refractivity contribution in [3.63, 3.8) is 0 Å². The first-order valence-corrected chi connectivity index (χ1v) is 10.0. The summed E-state index contributed by atoms with van der Waals surface area (Å²) in [6.45, 7) is 1.02. The van der Waals surface area contributed by atoms with Crippen molar-refractivity contribution in [2.75, 3.05) is 13.1 Å². The molecule has 8 heteroatoms. The minimum Gasteiger partial charge on any atom is -0.349 e. The molecule has 4 rings (SSSR count). The molecule has 1 aliphatic rings. The highest BCUT2D eigenvalue weighted by molar-refractivity contribution is 6.30. The van der Waals surface area contributed by atoms with Crippen LogP contribution in [0, 0.1) is 5.82 Å². The van der Waals surface area contributed by atoms with Gasteiger partial charge in [0.25, 0.3) is 11.8 Å². The van der Waals surface area contributed by atoms with E-state index in [0.29, 0.717) is 47.9 Å². The van der Waals surface area contributed by atoms with Gasteiger partial charge in [-0.3, -0.25) is 14.7 Å². The Morgan fingerprint density at radius 2 is 1.87 bits per heavy atom. The zero-order valence-electron chi connectivity index (χ0n) is 16.1. The molecule has 2 N–H and O–H groups in total. The molecule has 0 bridgehead atoms. The van der Waals surface area contributed by atoms with Crippen LogP contribution in [0.2, 0.25) is 5.02 Å². The van der Waals surface area contributed by atoms with Crippen LogP contribution in [0.25, 0.3) is 11.3 Å². The minimum atomic E-state index is -0.445. The fourth-order valence-electron chi connectivity index (χ4n) is 3.52. The van der Waals surface area contributed by atoms with Gasteiger partial charge in [0, 0.05) is 35.3 Å². The number of carbonyl (C=O) groups excluding carboxylic acids is 2. The van der Waals surface area contributed by atoms with E-state index in [1.165, 1.54) is 18.2 Å². The minimum absolute atomic E-state index is 0.0615. The molecule has 0 aliphatic carbocycles. The molecule has 0 saturated carbocycles. The zero-order valence-corrected chi connectivity index (χ0v) is 16.8. The first-order chi connectivity index (χ1) is 14.5. The Morgan fingerprint density at radius 3 is 2.60 bits per heavy atom. The number of benzene rings is 2. The van der Waals surface area contributed by atoms with E-state index in [4.69, 9.17) is 11.6 Å². The standard InChI is InChI=1S/C22H20ClFN4O2/c23-16-5-1-3-14(11-16)19-13-20(27-26-19)22(30)28-9-7-18(8-10-28)25-21(29)15-4-2-6-17(24)12-15/h1-6,11-13,18H,7-10H2,(H,25,29)(H,26,27). The van der Waals surface area contributed by atoms with Gasteiger partial charge in [-0.15, -0.1) is 0 Å². The van der Waals surface area contributed by atoms with Gasteiger partial charge in [0.1, 0.15) is 11.5 Å². The summed E-state index contributed by atoms with van der Waals surface area (Å²) >= 11 is 6.02. The summed E-state index contributed by atoms with van der Waals surface area (Å²) in [5.74, 6) is -0.885. The number of hydrogen-bond acceptors (Lipinski definition) is 3. The fourth-order valence-corrected chi connectivity index (χ4v) is 3.71. The van der Waals surface area contributed by atoms with Gasteiger partial charge in [-0.05, 0) is 49.2 Å². The highest BCUT2D eigenvalue weighted by Crippen LogP contribution is 2.22. The van der Waals surface area contributed by atoms with Crippen molar-refractivity contribution >= 4 is 23.4 Å². The predicted octanol–water partition coefficient (Wildman–Crippen LogP) is 3.90. The maximum Gasteiger partial charge on any atom is 0.271 e. The lowest BCUT2D eigenvalue weighted by atomic mass is 10.0. The number of carbonyl (C=O) groups is 2. The monoisotopic (exact) mass is 426 g/mol. The van der Waals surface area contributed by atoms with Crippen molar-refractivity contribution in [3.05, 3.63) is 76.7 Å². The number of piperidine rings is 1. The van der Waals surface area contributed by atoms with Gasteiger partial charge >= 0.3 is 0 Å². The van der Waals surface area contributed by atoms with E-state index in [9.17, 15) is 14.0 Å². The number of aromatic nitrogens is 2. The van der Waals surface area contributed by atoms with Crippen molar-refractivity contribution in [3.8, 4) is 11.3 Å². The van der Waals surface area contributed by atoms with E-state index in [1.54, 1.807) is 29.2 Å². The van der Waals surface area contributed by atoms with Crippen molar-refractivity contribution in [1.29, 1.82) is 0 Å². The highest BCUT2D eigenvalue weighted by atomic mass is 35.5. The molecule has 3 aromatic rings. The van der Waals surface area contributed by atoms with Gasteiger partial charge in [0.2, 0.25) is 0 Å². The molecular formula is C22H20ClFN4O2. The SMILES string of the molecule is O=C(NC1CCN(C(=O)c2cc(-c3cccc(Cl)c3)n[nH]2)CC1)c1cccc(F)c1. The second-order valence-corrected chi connectivity index (χ2v) is 7.66. The second-order valence-electron chi connectivity index (χ2n) is 7.23. The first kappa shape index (κ1) is 20.1. The lowest BCUT2D eigenvalue weighted by Crippen LogP contribution is -2.46. The second kappa shape index (κ2) is 8.67. The Morgan fingerprint density at radius 1 is 1.10 bits per heavy atom. The molecule has 0 spiro atoms. The van der Waals surface area contributed by atoms with Crippen LogP contribution in [-0.4, -0.2) is 46.0 Å². The number of H-pyrrole nitrogens is 1. The van der Waals surface area contributed by atoms with Crippen molar-refractivity contribution in [1.82, 2.24) is 20.4 Å². The third-order valence-corrected chi connectivity index (χ3v) is 5.37. The Bertz CT molecular complexity index is 1080. The maximum atomic E-state index is 13.3. The molecule has 1 fully saturated rings. The van der Waals surface area contributed by atoms with E-state index in [2.05, 4.69) is 15.5 Å². The Kier molecular flexibility index (Phi) is 5.81. The molecule has 1 saturated heterocycles. The van der Waals surface area contributed by atoms with Crippen molar-refractivity contribution in [2.45, 2.75) is 18.9 Å². The van der Waals surface area contributed by atoms with E-state index in [-0.39, 0.29) is 17.9 Å². The van der Waals surface area contributed by atoms with Crippen LogP contribution in [0.5, 0.6) is 0 Å². The zero-order chi connectivity index (χ0) is 21.1. The molecule has 2 amide bonds. The van der Waals surface area contributed by atoms with Gasteiger partial charge in [0.15, 0.2) is 0 Å². The van der Waals surface area contributed by atoms with Gasteiger partial charge in [-0.1, -0.05) is 29.8 Å². The van der Waals surface area contributed by atoms with Gasteiger partial charge < -0.3 is 10.2 Å². The van der Waals surface area contributed by atoms with Gasteiger partial charge in [-0.2, -0.15) is 5.10 Å². The summed E-state index contributed by atoms with van der Waals surface area (Å²) in [6.07, 6.45) is 1.25. The van der Waals surface area contributed by atoms with Crippen LogP contribution < -0.4 is 5.32 Å². The van der Waals surface area contributed by atoms with E-state index in [1.807, 2.05) is 12.1 Å². The molecule has 2 aromatic carbocycles. The third kappa shape index (κ3) is 4.52. The third-order valence-electron chi connectivity index (χ3n) is 5.13. The van der Waals surface area contributed by atoms with E-state index >= 15 is 0 Å². The van der Waals surface area contributed by atoms with Gasteiger partial charge in [0.05, 0.1) is 5.69 Å². The summed E-state index contributed by atoms with van der Waals surface area (Å²) in [5.41, 5.74) is 2.18. The lowest BCUT2D eigenvalue weighted by Gasteiger charge is -2.32. The number of rotatable bonds is 4. The number of nitrogens with one attached hydrogen (secondary N) is 2. The highest BCUT2D eigenvalue weighted by Gasteiger charge is 2.26. The number of hydrogen-bond donors (Lipinski definition) is 2. The molecule has 154 valence electrons. The topological polar surface area (TPSA) is 78.1 Å². The smallest absolute Gasteiger partial charge is 0.271 e. The largest absolute Gasteiger partial charge is 0.349 e. The van der Waals surface area contributed by atoms with Crippen molar-refractivity contribution < 1.29 is 14.0 Å². The van der Waals surface area contributed by atoms with E-state index < -0.39 is 5.82 Å². The molecule has 2 heterocycles. The fraction of sp³-hybridized carbons (Fsp3) is 0.227. The number of amides is 2. The van der Waals surface area contributed by atoms with Crippen LogP contribution in [0.3, 0.4) is 0 Å². The van der Waals surface area contributed by atoms with Crippen LogP contribution in [0.15, 0.2) is 54.6 Å². The van der Waals surface area contributed by atoms with Crippen molar-refractivity contribution in [2.24, 2.45) is 0 Å². The number of halogens is 2. The summed E-state index contributed by atoms with van der Waals surface area (Å²) in [5, 5.41) is 10.5. The molecular weight excluding hydrogens is 407 g/mol. The van der Waals surface area contributed by atoms with Gasteiger partial charge in [-0.25, -0.2) is 4.39 Å². The molecule has 1 aliphatic heterocycles. The summed E-state index contributed by atoms with van der Waals surface area (Å²) in [7, 11) is 0. The lowest BCUT2D eigenvalue weighted by molar-refractivity contribution is 0.0692. The Balaban J connectivity index is 1.34. The number of likely N-dealkylation sites (tertiary alicyclic amines) is 1. The molecule has 0 unspecified atom stereocenters. The van der Waals surface area contributed by atoms with Crippen LogP contribution >= 0.6 is 11.6 Å². The normalized spacial score (nSPS) is 14.5. The predicted molar refractivity (Wildman–Crippen MR) is 112 cm³/mol. The molecule has 0 atom stereocenters. The molecule has 30 heavy (non-hydrogen) atoms. The van der Waals surface area contributed by atoms with E-state index in [0.717, 1.165) is 5.56 Å². The number of nitrogens with zero attached hydrogens (tertiary/aromatic N) is 2. The average Bonchev–Trinajstić information content (AvgIpc) is 3.24. The Hall–Kier alpha value is -3.19. The quantitative estimate of drug-likeness (QED) is 0.664. The summed E-state index contributed by atoms with van der Waals surface area (Å²) < 4.78 is 13.3. The molecule has 1 aromatic heterocycles. The number of aromatic amines is 1. The maximum absolute atomic E-state index is 13.3.